The van der Waals surface area contributed by atoms with Gasteiger partial charge >= 0.3 is 0 Å². The summed E-state index contributed by atoms with van der Waals surface area (Å²) in [4.78, 5) is 18.3. The van der Waals surface area contributed by atoms with Crippen molar-refractivity contribution >= 4 is 15.9 Å². The Bertz CT molecular complexity index is 624. The Balaban J connectivity index is 1.94. The van der Waals surface area contributed by atoms with E-state index in [1.165, 1.54) is 0 Å². The van der Waals surface area contributed by atoms with Crippen LogP contribution in [-0.2, 0) is 19.6 Å². The van der Waals surface area contributed by atoms with Crippen LogP contribution in [0.25, 0.3) is 0 Å². The van der Waals surface area contributed by atoms with Crippen LogP contribution in [0.1, 0.15) is 18.5 Å². The maximum atomic E-state index is 12.5. The zero-order valence-corrected chi connectivity index (χ0v) is 14.6. The molecule has 0 aliphatic carbocycles. The Kier molecular flexibility index (Phi) is 7.10. The fourth-order valence-corrected chi connectivity index (χ4v) is 3.36. The number of piperazine rings is 1. The minimum Gasteiger partial charge on any atom is -0.381 e. The van der Waals surface area contributed by atoms with Gasteiger partial charge in [0.2, 0.25) is 15.9 Å². The lowest BCUT2D eigenvalue weighted by Crippen LogP contribution is -2.51. The van der Waals surface area contributed by atoms with Gasteiger partial charge in [-0.2, -0.15) is 0 Å². The molecule has 24 heavy (non-hydrogen) atoms. The minimum atomic E-state index is -3.52. The molecule has 9 heteroatoms. The van der Waals surface area contributed by atoms with Crippen LogP contribution >= 0.6 is 0 Å². The van der Waals surface area contributed by atoms with Crippen molar-refractivity contribution in [3.05, 3.63) is 30.1 Å². The number of ether oxygens (including phenoxy) is 1. The molecule has 1 amide bonds. The maximum Gasteiger partial charge on any atom is 0.238 e. The van der Waals surface area contributed by atoms with E-state index in [2.05, 4.69) is 15.0 Å². The summed E-state index contributed by atoms with van der Waals surface area (Å²) < 4.78 is 31.1. The number of nitrogens with zero attached hydrogens (tertiary/aromatic N) is 2. The van der Waals surface area contributed by atoms with Crippen LogP contribution < -0.4 is 10.0 Å². The summed E-state index contributed by atoms with van der Waals surface area (Å²) >= 11 is 0. The van der Waals surface area contributed by atoms with Gasteiger partial charge in [-0.1, -0.05) is 6.07 Å². The molecule has 0 bridgehead atoms. The number of carbonyl (C=O) groups excluding carboxylic acids is 1. The number of amides is 1. The second-order valence-electron chi connectivity index (χ2n) is 5.43. The van der Waals surface area contributed by atoms with Crippen molar-refractivity contribution in [3.63, 3.8) is 0 Å². The molecular weight excluding hydrogens is 332 g/mol. The normalized spacial score (nSPS) is 18.5. The third kappa shape index (κ3) is 5.52. The van der Waals surface area contributed by atoms with Gasteiger partial charge in [-0.3, -0.25) is 9.78 Å². The highest BCUT2D eigenvalue weighted by Gasteiger charge is 2.28. The van der Waals surface area contributed by atoms with Crippen molar-refractivity contribution < 1.29 is 17.9 Å². The van der Waals surface area contributed by atoms with Gasteiger partial charge in [0.05, 0.1) is 24.9 Å². The molecule has 2 heterocycles. The highest BCUT2D eigenvalue weighted by molar-refractivity contribution is 7.89. The molecule has 0 aromatic carbocycles. The van der Waals surface area contributed by atoms with Gasteiger partial charge in [-0.15, -0.1) is 0 Å². The monoisotopic (exact) mass is 356 g/mol. The van der Waals surface area contributed by atoms with Gasteiger partial charge in [0.1, 0.15) is 0 Å². The third-order valence-corrected chi connectivity index (χ3v) is 5.07. The first-order valence-electron chi connectivity index (χ1n) is 7.98. The second-order valence-corrected chi connectivity index (χ2v) is 7.36. The van der Waals surface area contributed by atoms with Gasteiger partial charge in [-0.05, 0) is 18.6 Å². The number of pyridine rings is 1. The predicted octanol–water partition coefficient (Wildman–Crippen LogP) is -0.490. The van der Waals surface area contributed by atoms with Crippen molar-refractivity contribution in [2.75, 3.05) is 45.1 Å². The van der Waals surface area contributed by atoms with E-state index in [-0.39, 0.29) is 30.9 Å². The van der Waals surface area contributed by atoms with E-state index in [1.807, 2.05) is 12.1 Å². The summed E-state index contributed by atoms with van der Waals surface area (Å²) in [6, 6.07) is 3.59. The van der Waals surface area contributed by atoms with Crippen LogP contribution in [-0.4, -0.2) is 69.4 Å². The topological polar surface area (TPSA) is 101 Å². The number of hydrogen-bond acceptors (Lipinski definition) is 6. The number of rotatable bonds is 8. The van der Waals surface area contributed by atoms with Crippen molar-refractivity contribution in [3.8, 4) is 0 Å². The predicted molar refractivity (Wildman–Crippen MR) is 89.8 cm³/mol. The molecule has 1 atom stereocenters. The molecule has 2 rings (SSSR count). The number of aromatic nitrogens is 1. The summed E-state index contributed by atoms with van der Waals surface area (Å²) in [6.45, 7) is 3.96. The van der Waals surface area contributed by atoms with E-state index in [4.69, 9.17) is 4.74 Å². The molecule has 2 N–H and O–H groups in total. The highest BCUT2D eigenvalue weighted by atomic mass is 32.2. The fourth-order valence-electron chi connectivity index (χ4n) is 2.53. The third-order valence-electron chi connectivity index (χ3n) is 3.78. The highest BCUT2D eigenvalue weighted by Crippen LogP contribution is 2.21. The Labute approximate surface area is 142 Å². The van der Waals surface area contributed by atoms with E-state index in [1.54, 1.807) is 24.2 Å². The van der Waals surface area contributed by atoms with Crippen molar-refractivity contribution in [2.24, 2.45) is 0 Å². The largest absolute Gasteiger partial charge is 0.381 e. The van der Waals surface area contributed by atoms with Gasteiger partial charge in [0, 0.05) is 38.6 Å². The lowest BCUT2D eigenvalue weighted by Gasteiger charge is -2.36. The molecule has 1 unspecified atom stereocenters. The van der Waals surface area contributed by atoms with Gasteiger partial charge in [0.15, 0.2) is 0 Å². The number of hydrogen-bond donors (Lipinski definition) is 2. The van der Waals surface area contributed by atoms with Gasteiger partial charge in [0.25, 0.3) is 0 Å². The van der Waals surface area contributed by atoms with Crippen LogP contribution in [0.2, 0.25) is 0 Å². The van der Waals surface area contributed by atoms with Crippen LogP contribution in [0.3, 0.4) is 0 Å². The van der Waals surface area contributed by atoms with Crippen molar-refractivity contribution in [1.29, 1.82) is 0 Å². The molecule has 1 aromatic rings. The van der Waals surface area contributed by atoms with E-state index in [0.717, 1.165) is 5.56 Å². The Hall–Kier alpha value is -1.55. The lowest BCUT2D eigenvalue weighted by atomic mass is 10.1. The maximum absolute atomic E-state index is 12.5. The van der Waals surface area contributed by atoms with E-state index < -0.39 is 10.0 Å². The number of sulfonamides is 1. The molecule has 8 nitrogen and oxygen atoms in total. The first kappa shape index (κ1) is 18.8. The SMILES string of the molecule is CCOCCS(=O)(=O)NCC(=O)N1CCNCC1c1cccnc1. The molecule has 134 valence electrons. The number of carbonyl (C=O) groups is 1. The second kappa shape index (κ2) is 9.07. The Morgan fingerprint density at radius 3 is 3.08 bits per heavy atom. The molecule has 0 spiro atoms. The average molecular weight is 356 g/mol. The molecular formula is C15H24N4O4S. The molecule has 1 saturated heterocycles. The Morgan fingerprint density at radius 1 is 1.54 bits per heavy atom. The molecule has 0 radical (unpaired) electrons. The molecule has 0 saturated carbocycles. The van der Waals surface area contributed by atoms with E-state index in [9.17, 15) is 13.2 Å². The van der Waals surface area contributed by atoms with Crippen molar-refractivity contribution in [2.45, 2.75) is 13.0 Å². The standard InChI is InChI=1S/C15H24N4O4S/c1-2-23-8-9-24(21,22)18-12-15(20)19-7-6-17-11-14(19)13-4-3-5-16-10-13/h3-5,10,14,17-18H,2,6-9,11-12H2,1H3. The van der Waals surface area contributed by atoms with Gasteiger partial charge < -0.3 is 15.0 Å². The average Bonchev–Trinajstić information content (AvgIpc) is 2.61. The zero-order valence-electron chi connectivity index (χ0n) is 13.8. The van der Waals surface area contributed by atoms with Gasteiger partial charge in [-0.25, -0.2) is 13.1 Å². The first-order valence-corrected chi connectivity index (χ1v) is 9.64. The van der Waals surface area contributed by atoms with Crippen LogP contribution in [0.4, 0.5) is 0 Å². The summed E-state index contributed by atoms with van der Waals surface area (Å²) in [5.74, 6) is -0.396. The zero-order chi connectivity index (χ0) is 17.4. The molecule has 1 fully saturated rings. The summed E-state index contributed by atoms with van der Waals surface area (Å²) in [5, 5.41) is 3.25. The summed E-state index contributed by atoms with van der Waals surface area (Å²) in [5.41, 5.74) is 0.928. The van der Waals surface area contributed by atoms with Crippen molar-refractivity contribution in [1.82, 2.24) is 19.9 Å². The number of nitrogens with one attached hydrogen (secondary N) is 2. The quantitative estimate of drug-likeness (QED) is 0.610. The molecule has 1 aliphatic rings. The molecule has 1 aromatic heterocycles. The fraction of sp³-hybridized carbons (Fsp3) is 0.600. The smallest absolute Gasteiger partial charge is 0.238 e. The first-order chi connectivity index (χ1) is 11.5. The Morgan fingerprint density at radius 2 is 2.38 bits per heavy atom. The van der Waals surface area contributed by atoms with E-state index >= 15 is 0 Å². The molecule has 1 aliphatic heterocycles. The summed E-state index contributed by atoms with van der Waals surface area (Å²) in [7, 11) is -3.52. The van der Waals surface area contributed by atoms with Crippen LogP contribution in [0.15, 0.2) is 24.5 Å². The minimum absolute atomic E-state index is 0.117. The van der Waals surface area contributed by atoms with Crippen LogP contribution in [0.5, 0.6) is 0 Å². The lowest BCUT2D eigenvalue weighted by molar-refractivity contribution is -0.133. The summed E-state index contributed by atoms with van der Waals surface area (Å²) in [6.07, 6.45) is 3.41. The van der Waals surface area contributed by atoms with Crippen LogP contribution in [0, 0.1) is 0 Å². The van der Waals surface area contributed by atoms with E-state index in [0.29, 0.717) is 26.2 Å².